The van der Waals surface area contributed by atoms with E-state index in [9.17, 15) is 0 Å². The molecule has 0 saturated heterocycles. The summed E-state index contributed by atoms with van der Waals surface area (Å²) in [4.78, 5) is 0. The summed E-state index contributed by atoms with van der Waals surface area (Å²) >= 11 is 19.1. The van der Waals surface area contributed by atoms with E-state index >= 15 is 0 Å². The Morgan fingerprint density at radius 3 is 1.17 bits per heavy atom. The fourth-order valence-corrected chi connectivity index (χ4v) is 4.21. The molecule has 0 aromatic heterocycles. The van der Waals surface area contributed by atoms with E-state index in [1.807, 2.05) is 59.5 Å². The molecule has 0 amide bonds. The minimum atomic E-state index is 0. The standard InChI is InChI=1S/C14H16S8.2Na/c1-14(16)22-13-12-21-11-10-20-9-8-19-7-6-18-5-4-17-3-2-15;;/h2-13,15-16H,1H2;;/q;2*+1/p-2/b3-2-,5-4-,7-6-,9-8-,11-10-,13-12-;;. The Kier molecular flexibility index (Phi) is 36.6. The van der Waals surface area contributed by atoms with Gasteiger partial charge in [-0.25, -0.2) is 5.41 Å². The predicted molar refractivity (Wildman–Crippen MR) is 124 cm³/mol. The summed E-state index contributed by atoms with van der Waals surface area (Å²) in [6.45, 7) is 3.63. The summed E-state index contributed by atoms with van der Waals surface area (Å²) in [5.41, 5.74) is 0. The van der Waals surface area contributed by atoms with Gasteiger partial charge in [0.15, 0.2) is 0 Å². The molecule has 0 aromatic carbocycles. The maximum absolute atomic E-state index is 4.85. The predicted octanol–water partition coefficient (Wildman–Crippen LogP) is 1.79. The fraction of sp³-hybridized carbons (Fsp3) is 0. The van der Waals surface area contributed by atoms with Crippen LogP contribution in [0.1, 0.15) is 0 Å². The molecule has 0 fully saturated rings. The summed E-state index contributed by atoms with van der Waals surface area (Å²) in [5, 5.41) is 23.6. The number of thioether (sulfide) groups is 6. The normalized spacial score (nSPS) is 12.0. The molecule has 0 nitrogen and oxygen atoms in total. The van der Waals surface area contributed by atoms with Gasteiger partial charge in [-0.2, -0.15) is 0 Å². The van der Waals surface area contributed by atoms with Gasteiger partial charge in [-0.3, -0.25) is 0 Å². The second-order valence-electron chi connectivity index (χ2n) is 2.80. The first kappa shape index (κ1) is 31.4. The van der Waals surface area contributed by atoms with Gasteiger partial charge in [-0.15, -0.1) is 81.4 Å². The molecule has 24 heavy (non-hydrogen) atoms. The van der Waals surface area contributed by atoms with Crippen molar-refractivity contribution in [1.82, 2.24) is 0 Å². The van der Waals surface area contributed by atoms with E-state index in [0.717, 1.165) is 0 Å². The van der Waals surface area contributed by atoms with Crippen molar-refractivity contribution < 1.29 is 59.1 Å². The first-order valence-corrected chi connectivity index (χ1v) is 12.1. The van der Waals surface area contributed by atoms with Crippen molar-refractivity contribution in [2.75, 3.05) is 0 Å². The molecule has 120 valence electrons. The Balaban J connectivity index is -0.00000220. The molecule has 0 spiro atoms. The average molecular weight is 485 g/mol. The smallest absolute Gasteiger partial charge is 0.787 e. The van der Waals surface area contributed by atoms with Crippen LogP contribution in [0.5, 0.6) is 0 Å². The molecule has 10 heteroatoms. The van der Waals surface area contributed by atoms with Gasteiger partial charge >= 0.3 is 59.1 Å². The SMILES string of the molecule is C=C([S-])S/C=C\S/C=C\S/C=C\S/C=C\S/C=C\S/C=C\[S-].[Na+].[Na+]. The third-order valence-electron chi connectivity index (χ3n) is 1.32. The van der Waals surface area contributed by atoms with E-state index in [-0.39, 0.29) is 59.1 Å². The van der Waals surface area contributed by atoms with Crippen molar-refractivity contribution >= 4 is 95.8 Å². The Morgan fingerprint density at radius 1 is 0.583 bits per heavy atom. The van der Waals surface area contributed by atoms with Crippen molar-refractivity contribution in [3.63, 3.8) is 0 Å². The second kappa shape index (κ2) is 27.9. The van der Waals surface area contributed by atoms with Crippen LogP contribution in [0.15, 0.2) is 75.7 Å². The maximum atomic E-state index is 4.85. The zero-order chi connectivity index (χ0) is 16.3. The van der Waals surface area contributed by atoms with Crippen LogP contribution in [0.2, 0.25) is 0 Å². The molecule has 0 aliphatic rings. The van der Waals surface area contributed by atoms with Crippen molar-refractivity contribution in [3.05, 3.63) is 75.7 Å². The van der Waals surface area contributed by atoms with Crippen molar-refractivity contribution in [1.29, 1.82) is 0 Å². The maximum Gasteiger partial charge on any atom is 1.00 e. The van der Waals surface area contributed by atoms with Gasteiger partial charge in [0.1, 0.15) is 0 Å². The summed E-state index contributed by atoms with van der Waals surface area (Å²) in [6, 6.07) is 0. The fourth-order valence-electron chi connectivity index (χ4n) is 0.651. The van der Waals surface area contributed by atoms with E-state index < -0.39 is 0 Å². The molecule has 0 bridgehead atoms. The van der Waals surface area contributed by atoms with Crippen LogP contribution in [0, 0.1) is 0 Å². The molecule has 0 N–H and O–H groups in total. The Hall–Kier alpha value is 2.72. The molecule has 0 aromatic rings. The van der Waals surface area contributed by atoms with Gasteiger partial charge in [-0.1, -0.05) is 5.41 Å². The number of rotatable bonds is 12. The van der Waals surface area contributed by atoms with Crippen molar-refractivity contribution in [3.8, 4) is 0 Å². The average Bonchev–Trinajstić information content (AvgIpc) is 2.50. The summed E-state index contributed by atoms with van der Waals surface area (Å²) in [5.74, 6) is 0. The Morgan fingerprint density at radius 2 is 0.875 bits per heavy atom. The minimum Gasteiger partial charge on any atom is -0.787 e. The van der Waals surface area contributed by atoms with Gasteiger partial charge in [0.25, 0.3) is 0 Å². The van der Waals surface area contributed by atoms with E-state index in [0.29, 0.717) is 4.24 Å². The van der Waals surface area contributed by atoms with Crippen LogP contribution in [-0.4, -0.2) is 0 Å². The number of hydrogen-bond donors (Lipinski definition) is 0. The minimum absolute atomic E-state index is 0. The molecule has 0 aliphatic heterocycles. The first-order chi connectivity index (χ1) is 10.8. The third kappa shape index (κ3) is 29.5. The van der Waals surface area contributed by atoms with Crippen LogP contribution in [0.4, 0.5) is 0 Å². The van der Waals surface area contributed by atoms with Crippen LogP contribution >= 0.6 is 70.6 Å². The Bertz CT molecular complexity index is 456. The zero-order valence-electron chi connectivity index (χ0n) is 13.4. The van der Waals surface area contributed by atoms with Gasteiger partial charge in [0.2, 0.25) is 0 Å². The monoisotopic (exact) mass is 484 g/mol. The van der Waals surface area contributed by atoms with E-state index in [4.69, 9.17) is 12.6 Å². The van der Waals surface area contributed by atoms with Crippen LogP contribution in [-0.2, 0) is 25.3 Å². The largest absolute Gasteiger partial charge is 1.00 e. The molecular formula is C14H14Na2S8. The molecule has 0 unspecified atom stereocenters. The summed E-state index contributed by atoms with van der Waals surface area (Å²) < 4.78 is 0.684. The van der Waals surface area contributed by atoms with Crippen LogP contribution in [0.25, 0.3) is 0 Å². The number of hydrogen-bond acceptors (Lipinski definition) is 8. The molecule has 0 aliphatic carbocycles. The van der Waals surface area contributed by atoms with Crippen molar-refractivity contribution in [2.24, 2.45) is 0 Å². The molecule has 0 radical (unpaired) electrons. The van der Waals surface area contributed by atoms with Gasteiger partial charge in [0, 0.05) is 0 Å². The van der Waals surface area contributed by atoms with Crippen LogP contribution in [0.3, 0.4) is 0 Å². The van der Waals surface area contributed by atoms with E-state index in [1.54, 1.807) is 64.2 Å². The van der Waals surface area contributed by atoms with Gasteiger partial charge < -0.3 is 25.3 Å². The summed E-state index contributed by atoms with van der Waals surface area (Å²) in [6.07, 6.45) is 0. The van der Waals surface area contributed by atoms with E-state index in [1.165, 1.54) is 11.8 Å². The molecular weight excluding hydrogens is 471 g/mol. The first-order valence-electron chi connectivity index (χ1n) is 5.59. The van der Waals surface area contributed by atoms with E-state index in [2.05, 4.69) is 19.2 Å². The quantitative estimate of drug-likeness (QED) is 0.300. The molecule has 0 heterocycles. The summed E-state index contributed by atoms with van der Waals surface area (Å²) in [7, 11) is 0. The second-order valence-corrected chi connectivity index (χ2v) is 8.91. The van der Waals surface area contributed by atoms with Gasteiger partial charge in [0.05, 0.1) is 0 Å². The van der Waals surface area contributed by atoms with Crippen molar-refractivity contribution in [2.45, 2.75) is 0 Å². The van der Waals surface area contributed by atoms with Crippen LogP contribution < -0.4 is 59.1 Å². The Labute approximate surface area is 227 Å². The topological polar surface area (TPSA) is 0 Å². The zero-order valence-corrected chi connectivity index (χ0v) is 23.9. The van der Waals surface area contributed by atoms with Gasteiger partial charge in [-0.05, 0) is 54.1 Å². The third-order valence-corrected chi connectivity index (χ3v) is 6.24. The molecule has 0 rings (SSSR count). The molecule has 0 atom stereocenters. The molecule has 0 saturated carbocycles.